The van der Waals surface area contributed by atoms with E-state index in [-0.39, 0.29) is 0 Å². The molecule has 0 aliphatic rings. The number of nitrogens with zero attached hydrogens (tertiary/aromatic N) is 2. The smallest absolute Gasteiger partial charge is 0.136 e. The summed E-state index contributed by atoms with van der Waals surface area (Å²) in [5, 5.41) is 9.23. The maximum atomic E-state index is 6.67. The number of hydrogen-bond donors (Lipinski definition) is 3. The van der Waals surface area contributed by atoms with E-state index in [1.807, 2.05) is 0 Å². The third-order valence-corrected chi connectivity index (χ3v) is 0.908. The van der Waals surface area contributed by atoms with Crippen LogP contribution in [0.15, 0.2) is 12.4 Å². The molecule has 52 valence electrons. The Morgan fingerprint density at radius 2 is 2.40 bits per heavy atom. The molecule has 0 unspecified atom stereocenters. The summed E-state index contributed by atoms with van der Waals surface area (Å²) in [5.41, 5.74) is 5.32. The van der Waals surface area contributed by atoms with Crippen molar-refractivity contribution in [3.8, 4) is 0 Å². The van der Waals surface area contributed by atoms with Crippen molar-refractivity contribution in [3.63, 3.8) is 0 Å². The molecule has 0 amide bonds. The fourth-order valence-corrected chi connectivity index (χ4v) is 0.525. The van der Waals surface area contributed by atoms with Crippen molar-refractivity contribution in [1.82, 2.24) is 9.97 Å². The Hall–Kier alpha value is -1.65. The normalized spacial score (nSPS) is 8.80. The number of anilines is 2. The van der Waals surface area contributed by atoms with Crippen molar-refractivity contribution in [1.29, 1.82) is 5.41 Å². The van der Waals surface area contributed by atoms with Gasteiger partial charge in [0.15, 0.2) is 0 Å². The molecule has 1 rings (SSSR count). The average Bonchev–Trinajstić information content (AvgIpc) is 1.88. The van der Waals surface area contributed by atoms with Crippen molar-refractivity contribution in [2.75, 3.05) is 11.1 Å². The Labute approximate surface area is 57.8 Å². The first-order valence-corrected chi connectivity index (χ1v) is 2.66. The lowest BCUT2D eigenvalue weighted by molar-refractivity contribution is 1.18. The zero-order chi connectivity index (χ0) is 7.40. The van der Waals surface area contributed by atoms with Gasteiger partial charge in [-0.05, 0) is 0 Å². The van der Waals surface area contributed by atoms with Gasteiger partial charge in [0.25, 0.3) is 0 Å². The maximum absolute atomic E-state index is 6.67. The molecule has 0 radical (unpaired) electrons. The van der Waals surface area contributed by atoms with E-state index in [2.05, 4.69) is 15.3 Å². The van der Waals surface area contributed by atoms with Crippen LogP contribution in [-0.4, -0.2) is 16.3 Å². The number of rotatable bonds is 2. The van der Waals surface area contributed by atoms with E-state index in [0.29, 0.717) is 11.6 Å². The van der Waals surface area contributed by atoms with Crippen molar-refractivity contribution >= 4 is 18.0 Å². The van der Waals surface area contributed by atoms with E-state index in [4.69, 9.17) is 11.1 Å². The molecule has 1 heterocycles. The molecule has 0 spiro atoms. The summed E-state index contributed by atoms with van der Waals surface area (Å²) in [6.07, 6.45) is 2.36. The van der Waals surface area contributed by atoms with E-state index >= 15 is 0 Å². The lowest BCUT2D eigenvalue weighted by Gasteiger charge is -1.96. The van der Waals surface area contributed by atoms with Crippen molar-refractivity contribution in [3.05, 3.63) is 12.4 Å². The van der Waals surface area contributed by atoms with Crippen LogP contribution in [0.1, 0.15) is 0 Å². The molecule has 0 aromatic carbocycles. The Balaban J connectivity index is 2.84. The van der Waals surface area contributed by atoms with Gasteiger partial charge < -0.3 is 11.1 Å². The molecule has 0 aliphatic heterocycles. The molecule has 5 heteroatoms. The summed E-state index contributed by atoms with van der Waals surface area (Å²) in [7, 11) is 0. The summed E-state index contributed by atoms with van der Waals surface area (Å²) in [6, 6.07) is 1.55. The highest BCUT2D eigenvalue weighted by molar-refractivity contribution is 5.71. The summed E-state index contributed by atoms with van der Waals surface area (Å²) in [6.45, 7) is 0. The van der Waals surface area contributed by atoms with Gasteiger partial charge in [0, 0.05) is 6.07 Å². The van der Waals surface area contributed by atoms with E-state index in [9.17, 15) is 0 Å². The van der Waals surface area contributed by atoms with Crippen LogP contribution in [-0.2, 0) is 0 Å². The molecule has 0 saturated carbocycles. The zero-order valence-corrected chi connectivity index (χ0v) is 5.20. The first kappa shape index (κ1) is 6.47. The van der Waals surface area contributed by atoms with Crippen molar-refractivity contribution in [2.24, 2.45) is 0 Å². The molecule has 0 aliphatic carbocycles. The topological polar surface area (TPSA) is 87.7 Å². The van der Waals surface area contributed by atoms with E-state index in [0.717, 1.165) is 6.34 Å². The second-order valence-electron chi connectivity index (χ2n) is 1.62. The number of aromatic nitrogens is 2. The second-order valence-corrected chi connectivity index (χ2v) is 1.62. The SMILES string of the molecule is N=CNc1cc(N)ncn1. The third-order valence-electron chi connectivity index (χ3n) is 0.908. The van der Waals surface area contributed by atoms with Gasteiger partial charge in [0.05, 0.1) is 6.34 Å². The quantitative estimate of drug-likeness (QED) is 0.398. The number of nitrogen functional groups attached to an aromatic ring is 1. The first-order chi connectivity index (χ1) is 4.83. The molecule has 0 saturated heterocycles. The van der Waals surface area contributed by atoms with Crippen LogP contribution in [0.4, 0.5) is 11.6 Å². The van der Waals surface area contributed by atoms with Gasteiger partial charge in [-0.3, -0.25) is 5.41 Å². The fraction of sp³-hybridized carbons (Fsp3) is 0. The second kappa shape index (κ2) is 2.77. The molecule has 0 atom stereocenters. The number of nitrogens with two attached hydrogens (primary N) is 1. The van der Waals surface area contributed by atoms with Gasteiger partial charge in [-0.1, -0.05) is 0 Å². The Kier molecular flexibility index (Phi) is 1.79. The minimum Gasteiger partial charge on any atom is -0.384 e. The zero-order valence-electron chi connectivity index (χ0n) is 5.20. The van der Waals surface area contributed by atoms with Crippen LogP contribution in [0.2, 0.25) is 0 Å². The molecule has 1 aromatic heterocycles. The molecule has 4 N–H and O–H groups in total. The highest BCUT2D eigenvalue weighted by Gasteiger charge is 1.89. The Bertz CT molecular complexity index is 233. The van der Waals surface area contributed by atoms with Crippen LogP contribution >= 0.6 is 0 Å². The lowest BCUT2D eigenvalue weighted by atomic mass is 10.5. The molecule has 0 bridgehead atoms. The Morgan fingerprint density at radius 3 is 3.00 bits per heavy atom. The summed E-state index contributed by atoms with van der Waals surface area (Å²) in [5.74, 6) is 0.918. The highest BCUT2D eigenvalue weighted by Crippen LogP contribution is 2.02. The summed E-state index contributed by atoms with van der Waals surface area (Å²) in [4.78, 5) is 7.45. The van der Waals surface area contributed by atoms with Crippen molar-refractivity contribution in [2.45, 2.75) is 0 Å². The van der Waals surface area contributed by atoms with Gasteiger partial charge in [0.2, 0.25) is 0 Å². The fourth-order valence-electron chi connectivity index (χ4n) is 0.525. The minimum atomic E-state index is 0.388. The molecule has 1 aromatic rings. The largest absolute Gasteiger partial charge is 0.384 e. The monoisotopic (exact) mass is 137 g/mol. The Morgan fingerprint density at radius 1 is 1.60 bits per heavy atom. The average molecular weight is 137 g/mol. The molecular formula is C5H7N5. The predicted molar refractivity (Wildman–Crippen MR) is 38.9 cm³/mol. The van der Waals surface area contributed by atoms with E-state index in [1.54, 1.807) is 6.07 Å². The van der Waals surface area contributed by atoms with Crippen LogP contribution in [0.3, 0.4) is 0 Å². The lowest BCUT2D eigenvalue weighted by Crippen LogP contribution is -1.98. The van der Waals surface area contributed by atoms with Gasteiger partial charge in [0.1, 0.15) is 18.0 Å². The van der Waals surface area contributed by atoms with Gasteiger partial charge in [-0.2, -0.15) is 0 Å². The third kappa shape index (κ3) is 1.41. The maximum Gasteiger partial charge on any atom is 0.136 e. The number of nitrogens with one attached hydrogen (secondary N) is 2. The summed E-state index contributed by atoms with van der Waals surface area (Å²) < 4.78 is 0. The van der Waals surface area contributed by atoms with Gasteiger partial charge >= 0.3 is 0 Å². The molecule has 5 nitrogen and oxygen atoms in total. The van der Waals surface area contributed by atoms with Gasteiger partial charge in [-0.15, -0.1) is 0 Å². The van der Waals surface area contributed by atoms with Gasteiger partial charge in [-0.25, -0.2) is 9.97 Å². The molecular weight excluding hydrogens is 130 g/mol. The van der Waals surface area contributed by atoms with Crippen LogP contribution in [0.5, 0.6) is 0 Å². The highest BCUT2D eigenvalue weighted by atomic mass is 15.0. The molecule has 10 heavy (non-hydrogen) atoms. The standard InChI is InChI=1S/C5H7N5/c6-2-8-5-1-4(7)9-3-10-5/h1-3H,(H4,6,7,8,9,10). The first-order valence-electron chi connectivity index (χ1n) is 2.66. The van der Waals surface area contributed by atoms with Crippen molar-refractivity contribution < 1.29 is 0 Å². The summed E-state index contributed by atoms with van der Waals surface area (Å²) >= 11 is 0. The van der Waals surface area contributed by atoms with Crippen LogP contribution in [0, 0.1) is 5.41 Å². The number of hydrogen-bond acceptors (Lipinski definition) is 4. The molecule has 0 fully saturated rings. The minimum absolute atomic E-state index is 0.388. The predicted octanol–water partition coefficient (Wildman–Crippen LogP) is 0.0778. The van der Waals surface area contributed by atoms with E-state index in [1.165, 1.54) is 6.33 Å². The van der Waals surface area contributed by atoms with Crippen LogP contribution < -0.4 is 11.1 Å². The van der Waals surface area contributed by atoms with E-state index < -0.39 is 0 Å². The van der Waals surface area contributed by atoms with Crippen LogP contribution in [0.25, 0.3) is 0 Å².